The lowest BCUT2D eigenvalue weighted by atomic mass is 9.87. The summed E-state index contributed by atoms with van der Waals surface area (Å²) in [4.78, 5) is 6.53. The SMILES string of the molecule is CCCCOc1ccc2c(c1)CCN(c1ccc(F)cc1)C2Cc1ccc(-c2ccncc2)cc1. The van der Waals surface area contributed by atoms with Gasteiger partial charge in [0, 0.05) is 24.6 Å². The number of pyridine rings is 1. The minimum Gasteiger partial charge on any atom is -0.494 e. The maximum Gasteiger partial charge on any atom is 0.123 e. The van der Waals surface area contributed by atoms with Crippen LogP contribution in [-0.2, 0) is 12.8 Å². The van der Waals surface area contributed by atoms with Gasteiger partial charge in [-0.3, -0.25) is 4.98 Å². The second-order valence-electron chi connectivity index (χ2n) is 9.14. The minimum absolute atomic E-state index is 0.167. The van der Waals surface area contributed by atoms with Crippen molar-refractivity contribution < 1.29 is 9.13 Å². The van der Waals surface area contributed by atoms with E-state index in [-0.39, 0.29) is 11.9 Å². The number of hydrogen-bond donors (Lipinski definition) is 0. The van der Waals surface area contributed by atoms with Gasteiger partial charge >= 0.3 is 0 Å². The van der Waals surface area contributed by atoms with Gasteiger partial charge in [-0.05, 0) is 95.6 Å². The predicted octanol–water partition coefficient (Wildman–Crippen LogP) is 7.41. The molecule has 178 valence electrons. The van der Waals surface area contributed by atoms with Crippen LogP contribution in [0, 0.1) is 5.82 Å². The summed E-state index contributed by atoms with van der Waals surface area (Å²) in [7, 11) is 0. The number of hydrogen-bond acceptors (Lipinski definition) is 3. The molecule has 0 fully saturated rings. The molecule has 0 saturated heterocycles. The summed E-state index contributed by atoms with van der Waals surface area (Å²) < 4.78 is 19.6. The van der Waals surface area contributed by atoms with E-state index in [1.807, 2.05) is 36.7 Å². The van der Waals surface area contributed by atoms with Crippen molar-refractivity contribution in [3.8, 4) is 16.9 Å². The Hall–Kier alpha value is -3.66. The summed E-state index contributed by atoms with van der Waals surface area (Å²) in [6.45, 7) is 3.81. The average Bonchev–Trinajstić information content (AvgIpc) is 2.90. The Morgan fingerprint density at radius 1 is 0.914 bits per heavy atom. The quantitative estimate of drug-likeness (QED) is 0.253. The topological polar surface area (TPSA) is 25.4 Å². The van der Waals surface area contributed by atoms with E-state index in [0.29, 0.717) is 0 Å². The van der Waals surface area contributed by atoms with Gasteiger partial charge in [-0.25, -0.2) is 4.39 Å². The van der Waals surface area contributed by atoms with Gasteiger partial charge in [0.1, 0.15) is 11.6 Å². The maximum atomic E-state index is 13.7. The number of rotatable bonds is 8. The largest absolute Gasteiger partial charge is 0.494 e. The van der Waals surface area contributed by atoms with Gasteiger partial charge < -0.3 is 9.64 Å². The van der Waals surface area contributed by atoms with Crippen LogP contribution in [0.15, 0.2) is 91.3 Å². The smallest absolute Gasteiger partial charge is 0.123 e. The Morgan fingerprint density at radius 2 is 1.66 bits per heavy atom. The summed E-state index contributed by atoms with van der Waals surface area (Å²) in [5, 5.41) is 0. The molecule has 0 radical (unpaired) electrons. The Balaban J connectivity index is 1.44. The molecule has 0 aliphatic carbocycles. The first-order valence-electron chi connectivity index (χ1n) is 12.5. The second kappa shape index (κ2) is 10.7. The Morgan fingerprint density at radius 3 is 2.40 bits per heavy atom. The van der Waals surface area contributed by atoms with Crippen LogP contribution in [0.25, 0.3) is 11.1 Å². The van der Waals surface area contributed by atoms with Gasteiger partial charge in [-0.2, -0.15) is 0 Å². The zero-order chi connectivity index (χ0) is 24.0. The predicted molar refractivity (Wildman–Crippen MR) is 140 cm³/mol. The van der Waals surface area contributed by atoms with Crippen LogP contribution in [0.3, 0.4) is 0 Å². The van der Waals surface area contributed by atoms with Gasteiger partial charge in [0.05, 0.1) is 12.6 Å². The van der Waals surface area contributed by atoms with Gasteiger partial charge in [0.15, 0.2) is 0 Å². The first kappa shape index (κ1) is 23.1. The van der Waals surface area contributed by atoms with Crippen molar-refractivity contribution in [2.24, 2.45) is 0 Å². The van der Waals surface area contributed by atoms with Crippen LogP contribution in [0.1, 0.15) is 42.5 Å². The molecule has 1 aliphatic rings. The molecule has 4 aromatic rings. The number of nitrogens with zero attached hydrogens (tertiary/aromatic N) is 2. The Kier molecular flexibility index (Phi) is 7.08. The molecule has 3 aromatic carbocycles. The summed E-state index contributed by atoms with van der Waals surface area (Å²) in [5.41, 5.74) is 7.34. The normalized spacial score (nSPS) is 15.0. The monoisotopic (exact) mass is 466 g/mol. The molecule has 2 heterocycles. The number of ether oxygens (including phenoxy) is 1. The fourth-order valence-electron chi connectivity index (χ4n) is 4.88. The molecule has 1 unspecified atom stereocenters. The van der Waals surface area contributed by atoms with E-state index in [0.717, 1.165) is 55.8 Å². The molecule has 1 aliphatic heterocycles. The number of benzene rings is 3. The highest BCUT2D eigenvalue weighted by Crippen LogP contribution is 2.38. The van der Waals surface area contributed by atoms with E-state index < -0.39 is 0 Å². The zero-order valence-electron chi connectivity index (χ0n) is 20.2. The van der Waals surface area contributed by atoms with Crippen LogP contribution in [-0.4, -0.2) is 18.1 Å². The zero-order valence-corrected chi connectivity index (χ0v) is 20.2. The van der Waals surface area contributed by atoms with Crippen molar-refractivity contribution >= 4 is 5.69 Å². The summed E-state index contributed by atoms with van der Waals surface area (Å²) >= 11 is 0. The van der Waals surface area contributed by atoms with Crippen molar-refractivity contribution in [3.63, 3.8) is 0 Å². The molecule has 5 rings (SSSR count). The molecular weight excluding hydrogens is 435 g/mol. The van der Waals surface area contributed by atoms with E-state index in [9.17, 15) is 4.39 Å². The van der Waals surface area contributed by atoms with Crippen molar-refractivity contribution in [1.82, 2.24) is 4.98 Å². The number of fused-ring (bicyclic) bond motifs is 1. The van der Waals surface area contributed by atoms with Crippen LogP contribution in [0.4, 0.5) is 10.1 Å². The summed E-state index contributed by atoms with van der Waals surface area (Å²) in [6, 6.07) is 26.5. The highest BCUT2D eigenvalue weighted by Gasteiger charge is 2.28. The number of aromatic nitrogens is 1. The van der Waals surface area contributed by atoms with Crippen LogP contribution in [0.5, 0.6) is 5.75 Å². The van der Waals surface area contributed by atoms with E-state index in [4.69, 9.17) is 4.74 Å². The fraction of sp³-hybridized carbons (Fsp3) is 0.258. The van der Waals surface area contributed by atoms with Gasteiger partial charge in [0.25, 0.3) is 0 Å². The van der Waals surface area contributed by atoms with Crippen molar-refractivity contribution in [3.05, 3.63) is 114 Å². The van der Waals surface area contributed by atoms with Crippen LogP contribution < -0.4 is 9.64 Å². The minimum atomic E-state index is -0.205. The van der Waals surface area contributed by atoms with E-state index >= 15 is 0 Å². The van der Waals surface area contributed by atoms with Crippen LogP contribution >= 0.6 is 0 Å². The fourth-order valence-corrected chi connectivity index (χ4v) is 4.88. The van der Waals surface area contributed by atoms with Crippen molar-refractivity contribution in [2.75, 3.05) is 18.1 Å². The molecule has 0 N–H and O–H groups in total. The molecule has 0 spiro atoms. The summed E-state index contributed by atoms with van der Waals surface area (Å²) in [5.74, 6) is 0.746. The summed E-state index contributed by atoms with van der Waals surface area (Å²) in [6.07, 6.45) is 7.64. The van der Waals surface area contributed by atoms with E-state index in [1.165, 1.54) is 22.3 Å². The molecule has 3 nitrogen and oxygen atoms in total. The highest BCUT2D eigenvalue weighted by molar-refractivity contribution is 5.63. The maximum absolute atomic E-state index is 13.7. The lowest BCUT2D eigenvalue weighted by Crippen LogP contribution is -2.36. The molecular formula is C31H31FN2O. The van der Waals surface area contributed by atoms with Gasteiger partial charge in [-0.15, -0.1) is 0 Å². The molecule has 0 amide bonds. The van der Waals surface area contributed by atoms with Gasteiger partial charge in [-0.1, -0.05) is 43.7 Å². The van der Waals surface area contributed by atoms with Crippen molar-refractivity contribution in [1.29, 1.82) is 0 Å². The van der Waals surface area contributed by atoms with Gasteiger partial charge in [0.2, 0.25) is 0 Å². The molecule has 35 heavy (non-hydrogen) atoms. The third-order valence-corrected chi connectivity index (χ3v) is 6.79. The molecule has 0 bridgehead atoms. The molecule has 1 atom stereocenters. The number of unbranched alkanes of at least 4 members (excludes halogenated alkanes) is 1. The highest BCUT2D eigenvalue weighted by atomic mass is 19.1. The average molecular weight is 467 g/mol. The Labute approximate surface area is 207 Å². The Bertz CT molecular complexity index is 1240. The third kappa shape index (κ3) is 5.37. The number of anilines is 1. The van der Waals surface area contributed by atoms with Crippen LogP contribution in [0.2, 0.25) is 0 Å². The van der Waals surface area contributed by atoms with Crippen molar-refractivity contribution in [2.45, 2.75) is 38.6 Å². The molecule has 0 saturated carbocycles. The third-order valence-electron chi connectivity index (χ3n) is 6.79. The molecule has 1 aromatic heterocycles. The first-order valence-corrected chi connectivity index (χ1v) is 12.5. The first-order chi connectivity index (χ1) is 17.2. The molecule has 4 heteroatoms. The lowest BCUT2D eigenvalue weighted by Gasteiger charge is -2.39. The standard InChI is InChI=1S/C31H31FN2O/c1-2-3-20-35-29-12-13-30-26(22-29)16-19-34(28-10-8-27(32)9-11-28)31(30)21-23-4-6-24(7-5-23)25-14-17-33-18-15-25/h4-15,17-18,22,31H,2-3,16,19-21H2,1H3. The second-order valence-corrected chi connectivity index (χ2v) is 9.14. The van der Waals surface area contributed by atoms with E-state index in [1.54, 1.807) is 12.1 Å². The lowest BCUT2D eigenvalue weighted by molar-refractivity contribution is 0.309. The number of halogens is 1. The van der Waals surface area contributed by atoms with E-state index in [2.05, 4.69) is 59.3 Å².